The summed E-state index contributed by atoms with van der Waals surface area (Å²) in [6.07, 6.45) is 6.17. The van der Waals surface area contributed by atoms with Crippen molar-refractivity contribution >= 4 is 11.7 Å². The maximum Gasteiger partial charge on any atom is 0.340 e. The third-order valence-electron chi connectivity index (χ3n) is 4.17. The molecule has 1 saturated carbocycles. The van der Waals surface area contributed by atoms with Crippen LogP contribution in [0.4, 0.5) is 5.69 Å². The third-order valence-corrected chi connectivity index (χ3v) is 4.17. The Balaban J connectivity index is 2.13. The fourth-order valence-corrected chi connectivity index (χ4v) is 2.96. The molecule has 1 aliphatic rings. The number of rotatable bonds is 5. The molecule has 0 radical (unpaired) electrons. The van der Waals surface area contributed by atoms with Crippen molar-refractivity contribution in [3.05, 3.63) is 23.8 Å². The summed E-state index contributed by atoms with van der Waals surface area (Å²) >= 11 is 0. The van der Waals surface area contributed by atoms with Crippen molar-refractivity contribution in [3.63, 3.8) is 0 Å². The molecule has 2 unspecified atom stereocenters. The van der Waals surface area contributed by atoms with E-state index in [1.165, 1.54) is 19.3 Å². The molecule has 0 saturated heterocycles. The first-order chi connectivity index (χ1) is 10.2. The molecule has 2 N–H and O–H groups in total. The molecule has 0 aliphatic heterocycles. The molecule has 4 heteroatoms. The molecule has 2 atom stereocenters. The second kappa shape index (κ2) is 7.34. The third kappa shape index (κ3) is 3.90. The van der Waals surface area contributed by atoms with Crippen molar-refractivity contribution in [2.75, 3.05) is 12.3 Å². The Labute approximate surface area is 126 Å². The minimum atomic E-state index is -0.392. The summed E-state index contributed by atoms with van der Waals surface area (Å²) in [5.41, 5.74) is 6.67. The number of anilines is 1. The van der Waals surface area contributed by atoms with Crippen LogP contribution in [-0.4, -0.2) is 18.7 Å². The zero-order valence-corrected chi connectivity index (χ0v) is 12.9. The van der Waals surface area contributed by atoms with Gasteiger partial charge >= 0.3 is 5.97 Å². The largest absolute Gasteiger partial charge is 0.490 e. The minimum absolute atomic E-state index is 0.238. The Bertz CT molecular complexity index is 487. The first-order valence-corrected chi connectivity index (χ1v) is 7.89. The fourth-order valence-electron chi connectivity index (χ4n) is 2.96. The maximum absolute atomic E-state index is 11.9. The molecule has 1 aromatic carbocycles. The van der Waals surface area contributed by atoms with Gasteiger partial charge in [0.1, 0.15) is 11.9 Å². The van der Waals surface area contributed by atoms with Gasteiger partial charge in [-0.1, -0.05) is 13.3 Å². The Morgan fingerprint density at radius 2 is 2.05 bits per heavy atom. The number of esters is 1. The van der Waals surface area contributed by atoms with Gasteiger partial charge in [-0.05, 0) is 56.7 Å². The molecule has 4 nitrogen and oxygen atoms in total. The van der Waals surface area contributed by atoms with Crippen LogP contribution in [-0.2, 0) is 4.74 Å². The lowest BCUT2D eigenvalue weighted by molar-refractivity contribution is 0.0525. The molecule has 0 bridgehead atoms. The van der Waals surface area contributed by atoms with Crippen LogP contribution in [0.3, 0.4) is 0 Å². The summed E-state index contributed by atoms with van der Waals surface area (Å²) in [6.45, 7) is 4.32. The molecule has 21 heavy (non-hydrogen) atoms. The second-order valence-corrected chi connectivity index (χ2v) is 5.58. The fraction of sp³-hybridized carbons (Fsp3) is 0.588. The average molecular weight is 291 g/mol. The molecular formula is C17H25NO3. The van der Waals surface area contributed by atoms with E-state index in [-0.39, 0.29) is 6.10 Å². The van der Waals surface area contributed by atoms with Crippen molar-refractivity contribution in [1.82, 2.24) is 0 Å². The van der Waals surface area contributed by atoms with Crippen molar-refractivity contribution in [2.24, 2.45) is 5.92 Å². The summed E-state index contributed by atoms with van der Waals surface area (Å²) in [7, 11) is 0. The molecule has 1 aromatic rings. The van der Waals surface area contributed by atoms with Gasteiger partial charge in [-0.2, -0.15) is 0 Å². The first kappa shape index (κ1) is 15.7. The van der Waals surface area contributed by atoms with Crippen LogP contribution in [0.5, 0.6) is 5.75 Å². The zero-order valence-electron chi connectivity index (χ0n) is 12.9. The molecule has 2 rings (SSSR count). The van der Waals surface area contributed by atoms with Crippen LogP contribution in [0, 0.1) is 5.92 Å². The van der Waals surface area contributed by atoms with Crippen LogP contribution >= 0.6 is 0 Å². The minimum Gasteiger partial charge on any atom is -0.490 e. The molecule has 0 aromatic heterocycles. The number of carbonyl (C=O) groups is 1. The lowest BCUT2D eigenvalue weighted by Crippen LogP contribution is -2.30. The Kier molecular flexibility index (Phi) is 5.48. The number of nitrogen functional groups attached to an aromatic ring is 1. The highest BCUT2D eigenvalue weighted by atomic mass is 16.5. The molecule has 1 fully saturated rings. The number of nitrogens with two attached hydrogens (primary N) is 1. The number of benzene rings is 1. The van der Waals surface area contributed by atoms with Crippen molar-refractivity contribution in [1.29, 1.82) is 0 Å². The second-order valence-electron chi connectivity index (χ2n) is 5.58. The van der Waals surface area contributed by atoms with Gasteiger partial charge in [-0.15, -0.1) is 0 Å². The lowest BCUT2D eigenvalue weighted by Gasteiger charge is -2.31. The predicted molar refractivity (Wildman–Crippen MR) is 83.5 cm³/mol. The average Bonchev–Trinajstić information content (AvgIpc) is 2.50. The zero-order chi connectivity index (χ0) is 15.2. The van der Waals surface area contributed by atoms with Gasteiger partial charge in [-0.3, -0.25) is 0 Å². The highest BCUT2D eigenvalue weighted by molar-refractivity contribution is 5.95. The van der Waals surface area contributed by atoms with Crippen molar-refractivity contribution < 1.29 is 14.3 Å². The lowest BCUT2D eigenvalue weighted by atomic mass is 9.85. The van der Waals surface area contributed by atoms with Crippen molar-refractivity contribution in [2.45, 2.75) is 52.1 Å². The topological polar surface area (TPSA) is 61.5 Å². The van der Waals surface area contributed by atoms with Gasteiger partial charge in [0.2, 0.25) is 0 Å². The van der Waals surface area contributed by atoms with Crippen LogP contribution in [0.15, 0.2) is 18.2 Å². The van der Waals surface area contributed by atoms with E-state index in [4.69, 9.17) is 15.2 Å². The summed E-state index contributed by atoms with van der Waals surface area (Å²) in [4.78, 5) is 11.9. The summed E-state index contributed by atoms with van der Waals surface area (Å²) in [6, 6.07) is 5.25. The molecular weight excluding hydrogens is 266 g/mol. The normalized spacial score (nSPS) is 21.8. The quantitative estimate of drug-likeness (QED) is 0.662. The van der Waals surface area contributed by atoms with Gasteiger partial charge in [0.05, 0.1) is 12.2 Å². The van der Waals surface area contributed by atoms with Gasteiger partial charge < -0.3 is 15.2 Å². The van der Waals surface area contributed by atoms with E-state index < -0.39 is 5.97 Å². The molecule has 116 valence electrons. The summed E-state index contributed by atoms with van der Waals surface area (Å²) in [5, 5.41) is 0. The summed E-state index contributed by atoms with van der Waals surface area (Å²) < 4.78 is 11.1. The van der Waals surface area contributed by atoms with E-state index in [0.717, 1.165) is 12.8 Å². The monoisotopic (exact) mass is 291 g/mol. The standard InChI is InChI=1S/C17H25NO3/c1-3-12-7-5-6-8-16(12)21-13-9-10-15(18)14(11-13)17(19)20-4-2/h9-12,16H,3-8,18H2,1-2H3. The van der Waals surface area contributed by atoms with E-state index >= 15 is 0 Å². The van der Waals surface area contributed by atoms with Gasteiger partial charge in [0.15, 0.2) is 0 Å². The highest BCUT2D eigenvalue weighted by Gasteiger charge is 2.25. The predicted octanol–water partition coefficient (Wildman–Crippen LogP) is 3.79. The maximum atomic E-state index is 11.9. The number of carbonyl (C=O) groups excluding carboxylic acids is 1. The van der Waals surface area contributed by atoms with E-state index in [9.17, 15) is 4.79 Å². The van der Waals surface area contributed by atoms with Gasteiger partial charge in [0.25, 0.3) is 0 Å². The van der Waals surface area contributed by atoms with E-state index in [1.807, 2.05) is 6.07 Å². The van der Waals surface area contributed by atoms with E-state index in [0.29, 0.717) is 29.5 Å². The van der Waals surface area contributed by atoms with Crippen molar-refractivity contribution in [3.8, 4) is 5.75 Å². The Morgan fingerprint density at radius 3 is 2.76 bits per heavy atom. The van der Waals surface area contributed by atoms with Gasteiger partial charge in [0, 0.05) is 5.69 Å². The number of hydrogen-bond acceptors (Lipinski definition) is 4. The first-order valence-electron chi connectivity index (χ1n) is 7.89. The molecule has 0 amide bonds. The summed E-state index contributed by atoms with van der Waals surface area (Å²) in [5.74, 6) is 0.913. The van der Waals surface area contributed by atoms with Crippen LogP contribution in [0.25, 0.3) is 0 Å². The molecule has 1 aliphatic carbocycles. The smallest absolute Gasteiger partial charge is 0.340 e. The highest BCUT2D eigenvalue weighted by Crippen LogP contribution is 2.31. The van der Waals surface area contributed by atoms with Crippen LogP contribution < -0.4 is 10.5 Å². The van der Waals surface area contributed by atoms with Crippen LogP contribution in [0.2, 0.25) is 0 Å². The SMILES string of the molecule is CCOC(=O)c1cc(OC2CCCCC2CC)ccc1N. The molecule has 0 spiro atoms. The van der Waals surface area contributed by atoms with E-state index in [2.05, 4.69) is 6.92 Å². The number of ether oxygens (including phenoxy) is 2. The van der Waals surface area contributed by atoms with Crippen LogP contribution in [0.1, 0.15) is 56.3 Å². The Hall–Kier alpha value is -1.71. The number of hydrogen-bond donors (Lipinski definition) is 1. The van der Waals surface area contributed by atoms with E-state index in [1.54, 1.807) is 19.1 Å². The van der Waals surface area contributed by atoms with Gasteiger partial charge in [-0.25, -0.2) is 4.79 Å². The molecule has 0 heterocycles. The Morgan fingerprint density at radius 1 is 1.29 bits per heavy atom.